The highest BCUT2D eigenvalue weighted by Gasteiger charge is 2.42. The summed E-state index contributed by atoms with van der Waals surface area (Å²) < 4.78 is 5.69. The van der Waals surface area contributed by atoms with Crippen LogP contribution in [0.5, 0.6) is 5.75 Å². The number of halogens is 1. The number of amides is 1. The standard InChI is InChI=1S/C18H24ClNO2/c1-11(17-9-13-6-7-14(17)8-13)20-18(21)12(2)22-16-5-3-4-15(19)10-16/h3-5,10-14,17H,6-9H2,1-2H3,(H,20,21). The predicted molar refractivity (Wildman–Crippen MR) is 88.1 cm³/mol. The molecule has 0 aliphatic heterocycles. The second-order valence-electron chi connectivity index (χ2n) is 6.85. The van der Waals surface area contributed by atoms with Gasteiger partial charge in [0.2, 0.25) is 0 Å². The first kappa shape index (κ1) is 15.7. The molecule has 22 heavy (non-hydrogen) atoms. The molecular formula is C18H24ClNO2. The van der Waals surface area contributed by atoms with Gasteiger partial charge in [-0.3, -0.25) is 4.79 Å². The van der Waals surface area contributed by atoms with E-state index in [0.717, 1.165) is 11.8 Å². The minimum absolute atomic E-state index is 0.0461. The fourth-order valence-electron chi connectivity index (χ4n) is 4.15. The molecule has 3 rings (SSSR count). The third kappa shape index (κ3) is 3.40. The molecule has 120 valence electrons. The minimum atomic E-state index is -0.514. The lowest BCUT2D eigenvalue weighted by atomic mass is 9.84. The molecule has 4 heteroatoms. The number of hydrogen-bond acceptors (Lipinski definition) is 2. The SMILES string of the molecule is CC(Oc1cccc(Cl)c1)C(=O)NC(C)C1CC2CCC1C2. The topological polar surface area (TPSA) is 38.3 Å². The predicted octanol–water partition coefficient (Wildman–Crippen LogP) is 4.05. The smallest absolute Gasteiger partial charge is 0.260 e. The zero-order valence-corrected chi connectivity index (χ0v) is 14.0. The van der Waals surface area contributed by atoms with Crippen LogP contribution in [-0.4, -0.2) is 18.1 Å². The van der Waals surface area contributed by atoms with Crippen LogP contribution in [0.25, 0.3) is 0 Å². The van der Waals surface area contributed by atoms with Crippen LogP contribution >= 0.6 is 11.6 Å². The molecular weight excluding hydrogens is 298 g/mol. The molecule has 1 aromatic carbocycles. The van der Waals surface area contributed by atoms with Crippen LogP contribution in [0.1, 0.15) is 39.5 Å². The van der Waals surface area contributed by atoms with Crippen LogP contribution in [0.4, 0.5) is 0 Å². The molecule has 1 N–H and O–H groups in total. The van der Waals surface area contributed by atoms with E-state index in [1.807, 2.05) is 12.1 Å². The molecule has 0 saturated heterocycles. The molecule has 0 aromatic heterocycles. The Bertz CT molecular complexity index is 548. The van der Waals surface area contributed by atoms with Crippen molar-refractivity contribution in [3.8, 4) is 5.75 Å². The van der Waals surface area contributed by atoms with E-state index in [4.69, 9.17) is 16.3 Å². The summed E-state index contributed by atoms with van der Waals surface area (Å²) >= 11 is 5.93. The minimum Gasteiger partial charge on any atom is -0.481 e. The monoisotopic (exact) mass is 321 g/mol. The van der Waals surface area contributed by atoms with Crippen LogP contribution in [0, 0.1) is 17.8 Å². The average molecular weight is 322 g/mol. The number of hydrogen-bond donors (Lipinski definition) is 1. The van der Waals surface area contributed by atoms with Gasteiger partial charge in [-0.15, -0.1) is 0 Å². The van der Waals surface area contributed by atoms with Crippen LogP contribution in [0.3, 0.4) is 0 Å². The van der Waals surface area contributed by atoms with E-state index >= 15 is 0 Å². The Morgan fingerprint density at radius 1 is 1.32 bits per heavy atom. The molecule has 2 bridgehead atoms. The Labute approximate surface area is 137 Å². The number of carbonyl (C=O) groups is 1. The van der Waals surface area contributed by atoms with Crippen molar-refractivity contribution in [2.24, 2.45) is 17.8 Å². The van der Waals surface area contributed by atoms with Crippen LogP contribution < -0.4 is 10.1 Å². The molecule has 1 aromatic rings. The largest absolute Gasteiger partial charge is 0.481 e. The highest BCUT2D eigenvalue weighted by molar-refractivity contribution is 6.30. The van der Waals surface area contributed by atoms with E-state index in [-0.39, 0.29) is 11.9 Å². The van der Waals surface area contributed by atoms with Gasteiger partial charge in [-0.25, -0.2) is 0 Å². The van der Waals surface area contributed by atoms with Crippen molar-refractivity contribution in [3.63, 3.8) is 0 Å². The molecule has 5 atom stereocenters. The van der Waals surface area contributed by atoms with Crippen molar-refractivity contribution in [1.29, 1.82) is 0 Å². The first-order chi connectivity index (χ1) is 10.5. The molecule has 0 spiro atoms. The Morgan fingerprint density at radius 2 is 2.14 bits per heavy atom. The summed E-state index contributed by atoms with van der Waals surface area (Å²) in [6.45, 7) is 3.92. The number of benzene rings is 1. The normalized spacial score (nSPS) is 29.1. The number of ether oxygens (including phenoxy) is 1. The lowest BCUT2D eigenvalue weighted by Gasteiger charge is -2.29. The van der Waals surface area contributed by atoms with Crippen LogP contribution in [-0.2, 0) is 4.79 Å². The Kier molecular flexibility index (Phi) is 4.62. The number of rotatable bonds is 5. The Morgan fingerprint density at radius 3 is 2.77 bits per heavy atom. The summed E-state index contributed by atoms with van der Waals surface area (Å²) in [6.07, 6.45) is 4.84. The van der Waals surface area contributed by atoms with Crippen LogP contribution in [0.15, 0.2) is 24.3 Å². The maximum absolute atomic E-state index is 12.3. The Balaban J connectivity index is 1.52. The number of nitrogens with one attached hydrogen (secondary N) is 1. The fraction of sp³-hybridized carbons (Fsp3) is 0.611. The zero-order chi connectivity index (χ0) is 15.7. The molecule has 1 amide bonds. The van der Waals surface area contributed by atoms with Gasteiger partial charge in [-0.2, -0.15) is 0 Å². The van der Waals surface area contributed by atoms with E-state index in [9.17, 15) is 4.79 Å². The van der Waals surface area contributed by atoms with E-state index in [2.05, 4.69) is 12.2 Å². The highest BCUT2D eigenvalue weighted by Crippen LogP contribution is 2.49. The van der Waals surface area contributed by atoms with Gasteiger partial charge in [0.25, 0.3) is 5.91 Å². The molecule has 2 fully saturated rings. The van der Waals surface area contributed by atoms with Crippen molar-refractivity contribution >= 4 is 17.5 Å². The third-order valence-corrected chi connectivity index (χ3v) is 5.52. The van der Waals surface area contributed by atoms with Gasteiger partial charge in [-0.05, 0) is 69.1 Å². The summed E-state index contributed by atoms with van der Waals surface area (Å²) in [5.74, 6) is 2.93. The van der Waals surface area contributed by atoms with E-state index in [0.29, 0.717) is 16.7 Å². The van der Waals surface area contributed by atoms with Gasteiger partial charge in [0.15, 0.2) is 6.10 Å². The van der Waals surface area contributed by atoms with Crippen molar-refractivity contribution in [2.45, 2.75) is 51.7 Å². The first-order valence-electron chi connectivity index (χ1n) is 8.25. The second kappa shape index (κ2) is 6.49. The maximum atomic E-state index is 12.3. The van der Waals surface area contributed by atoms with E-state index in [1.54, 1.807) is 19.1 Å². The van der Waals surface area contributed by atoms with Crippen LogP contribution in [0.2, 0.25) is 5.02 Å². The quantitative estimate of drug-likeness (QED) is 0.888. The molecule has 0 heterocycles. The second-order valence-corrected chi connectivity index (χ2v) is 7.29. The molecule has 3 nitrogen and oxygen atoms in total. The summed E-state index contributed by atoms with van der Waals surface area (Å²) in [5, 5.41) is 3.76. The molecule has 0 radical (unpaired) electrons. The van der Waals surface area contributed by atoms with Gasteiger partial charge in [0.1, 0.15) is 5.75 Å². The first-order valence-corrected chi connectivity index (χ1v) is 8.63. The van der Waals surface area contributed by atoms with Crippen molar-refractivity contribution < 1.29 is 9.53 Å². The summed E-state index contributed by atoms with van der Waals surface area (Å²) in [5.41, 5.74) is 0. The summed E-state index contributed by atoms with van der Waals surface area (Å²) in [4.78, 5) is 12.3. The molecule has 2 aliphatic rings. The van der Waals surface area contributed by atoms with Gasteiger partial charge in [0.05, 0.1) is 0 Å². The fourth-order valence-corrected chi connectivity index (χ4v) is 4.33. The van der Waals surface area contributed by atoms with Crippen molar-refractivity contribution in [2.75, 3.05) is 0 Å². The van der Waals surface area contributed by atoms with E-state index in [1.165, 1.54) is 25.7 Å². The molecule has 5 unspecified atom stereocenters. The lowest BCUT2D eigenvalue weighted by Crippen LogP contribution is -2.45. The van der Waals surface area contributed by atoms with Crippen molar-refractivity contribution in [3.05, 3.63) is 29.3 Å². The number of carbonyl (C=O) groups excluding carboxylic acids is 1. The average Bonchev–Trinajstić information content (AvgIpc) is 3.09. The van der Waals surface area contributed by atoms with Crippen molar-refractivity contribution in [1.82, 2.24) is 5.32 Å². The van der Waals surface area contributed by atoms with Gasteiger partial charge in [0, 0.05) is 11.1 Å². The highest BCUT2D eigenvalue weighted by atomic mass is 35.5. The lowest BCUT2D eigenvalue weighted by molar-refractivity contribution is -0.128. The summed E-state index contributed by atoms with van der Waals surface area (Å²) in [6, 6.07) is 7.38. The Hall–Kier alpha value is -1.22. The summed E-state index contributed by atoms with van der Waals surface area (Å²) in [7, 11) is 0. The molecule has 2 aliphatic carbocycles. The third-order valence-electron chi connectivity index (χ3n) is 5.28. The van der Waals surface area contributed by atoms with Gasteiger partial charge < -0.3 is 10.1 Å². The molecule has 2 saturated carbocycles. The van der Waals surface area contributed by atoms with Gasteiger partial charge in [-0.1, -0.05) is 24.1 Å². The van der Waals surface area contributed by atoms with E-state index < -0.39 is 6.10 Å². The van der Waals surface area contributed by atoms with Gasteiger partial charge >= 0.3 is 0 Å². The zero-order valence-electron chi connectivity index (χ0n) is 13.2. The maximum Gasteiger partial charge on any atom is 0.260 e. The number of fused-ring (bicyclic) bond motifs is 2.